The number of carbonyl (C=O) groups is 1. The summed E-state index contributed by atoms with van der Waals surface area (Å²) in [5.41, 5.74) is 1.98. The Morgan fingerprint density at radius 3 is 2.30 bits per heavy atom. The van der Waals surface area contributed by atoms with Crippen molar-refractivity contribution < 1.29 is 22.9 Å². The first-order valence-electron chi connectivity index (χ1n) is 11.7. The van der Waals surface area contributed by atoms with Gasteiger partial charge in [-0.1, -0.05) is 12.1 Å². The van der Waals surface area contributed by atoms with Crippen molar-refractivity contribution in [2.45, 2.75) is 0 Å². The molecule has 2 saturated heterocycles. The van der Waals surface area contributed by atoms with Gasteiger partial charge in [-0.3, -0.25) is 20.2 Å². The third-order valence-corrected chi connectivity index (χ3v) is 7.72. The molecule has 2 heterocycles. The summed E-state index contributed by atoms with van der Waals surface area (Å²) in [4.78, 5) is 28.0. The predicted molar refractivity (Wildman–Crippen MR) is 145 cm³/mol. The largest absolute Gasteiger partial charge is 0.378 e. The molecule has 2 N–H and O–H groups in total. The fourth-order valence-corrected chi connectivity index (χ4v) is 5.37. The topological polar surface area (TPSA) is 137 Å². The number of benzene rings is 2. The first-order chi connectivity index (χ1) is 17.6. The van der Waals surface area contributed by atoms with Crippen LogP contribution in [0.1, 0.15) is 10.4 Å². The molecule has 2 aromatic carbocycles. The Balaban J connectivity index is 1.48. The van der Waals surface area contributed by atoms with Gasteiger partial charge >= 0.3 is 0 Å². The van der Waals surface area contributed by atoms with E-state index in [4.69, 9.17) is 17.0 Å². The number of hydrogen-bond acceptors (Lipinski definition) is 9. The lowest BCUT2D eigenvalue weighted by Gasteiger charge is -2.35. The molecule has 0 saturated carbocycles. The summed E-state index contributed by atoms with van der Waals surface area (Å²) < 4.78 is 30.5. The number of para-hydroxylation sites is 2. The van der Waals surface area contributed by atoms with Gasteiger partial charge in [-0.15, -0.1) is 0 Å². The van der Waals surface area contributed by atoms with Crippen LogP contribution in [-0.4, -0.2) is 87.4 Å². The SMILES string of the molecule is CS(=O)(=O)N1CCN(c2ccccc2NC(=S)NC(=O)c2cc([N+](=O)[O-])ccc2N2CCOCC2)CC1. The monoisotopic (exact) mass is 548 g/mol. The Morgan fingerprint density at radius 2 is 1.65 bits per heavy atom. The highest BCUT2D eigenvalue weighted by Gasteiger charge is 2.26. The van der Waals surface area contributed by atoms with E-state index in [1.54, 1.807) is 6.07 Å². The first-order valence-corrected chi connectivity index (χ1v) is 13.9. The van der Waals surface area contributed by atoms with Crippen LogP contribution in [0.2, 0.25) is 0 Å². The fourth-order valence-electron chi connectivity index (χ4n) is 4.34. The van der Waals surface area contributed by atoms with Gasteiger partial charge in [0.1, 0.15) is 0 Å². The Labute approximate surface area is 220 Å². The Hall–Kier alpha value is -3.33. The van der Waals surface area contributed by atoms with Crippen LogP contribution in [0.5, 0.6) is 0 Å². The van der Waals surface area contributed by atoms with Gasteiger partial charge in [0.25, 0.3) is 11.6 Å². The molecule has 37 heavy (non-hydrogen) atoms. The number of sulfonamides is 1. The normalized spacial score (nSPS) is 16.8. The van der Waals surface area contributed by atoms with Gasteiger partial charge in [-0.2, -0.15) is 4.31 Å². The minimum Gasteiger partial charge on any atom is -0.378 e. The van der Waals surface area contributed by atoms with Crippen LogP contribution < -0.4 is 20.4 Å². The summed E-state index contributed by atoms with van der Waals surface area (Å²) >= 11 is 5.41. The zero-order chi connectivity index (χ0) is 26.6. The number of anilines is 3. The van der Waals surface area contributed by atoms with Gasteiger partial charge in [-0.05, 0) is 30.4 Å². The molecular weight excluding hydrogens is 520 g/mol. The maximum absolute atomic E-state index is 13.2. The molecule has 0 radical (unpaired) electrons. The molecular formula is C23H28N6O6S2. The molecule has 0 spiro atoms. The van der Waals surface area contributed by atoms with E-state index >= 15 is 0 Å². The average Bonchev–Trinajstić information content (AvgIpc) is 2.88. The Morgan fingerprint density at radius 1 is 1.00 bits per heavy atom. The summed E-state index contributed by atoms with van der Waals surface area (Å²) in [6, 6.07) is 11.6. The molecule has 1 amide bonds. The molecule has 0 aliphatic carbocycles. The number of non-ortho nitro benzene ring substituents is 1. The molecule has 0 unspecified atom stereocenters. The zero-order valence-corrected chi connectivity index (χ0v) is 21.9. The molecule has 0 aromatic heterocycles. The number of thiocarbonyl (C=S) groups is 1. The van der Waals surface area contributed by atoms with E-state index in [2.05, 4.69) is 10.6 Å². The van der Waals surface area contributed by atoms with Crippen molar-refractivity contribution in [3.63, 3.8) is 0 Å². The summed E-state index contributed by atoms with van der Waals surface area (Å²) in [5, 5.41) is 17.1. The molecule has 0 atom stereocenters. The highest BCUT2D eigenvalue weighted by atomic mass is 32.2. The van der Waals surface area contributed by atoms with E-state index in [1.807, 2.05) is 34.1 Å². The van der Waals surface area contributed by atoms with Gasteiger partial charge in [0.05, 0.1) is 47.0 Å². The molecule has 2 aliphatic heterocycles. The van der Waals surface area contributed by atoms with E-state index in [-0.39, 0.29) is 16.4 Å². The van der Waals surface area contributed by atoms with Crippen molar-refractivity contribution >= 4 is 56.0 Å². The number of amides is 1. The fraction of sp³-hybridized carbons (Fsp3) is 0.391. The van der Waals surface area contributed by atoms with Crippen molar-refractivity contribution in [1.82, 2.24) is 9.62 Å². The third kappa shape index (κ3) is 6.52. The summed E-state index contributed by atoms with van der Waals surface area (Å²) in [6.07, 6.45) is 1.20. The highest BCUT2D eigenvalue weighted by molar-refractivity contribution is 7.88. The molecule has 4 rings (SSSR count). The zero-order valence-electron chi connectivity index (χ0n) is 20.3. The second kappa shape index (κ2) is 11.4. The van der Waals surface area contributed by atoms with Crippen molar-refractivity contribution in [1.29, 1.82) is 0 Å². The molecule has 2 aliphatic rings. The lowest BCUT2D eigenvalue weighted by atomic mass is 10.1. The second-order valence-corrected chi connectivity index (χ2v) is 11.0. The standard InChI is InChI=1S/C23H28N6O6S2/c1-37(33,34)28-10-8-26(9-11-28)21-5-3-2-4-19(21)24-23(36)25-22(30)18-16-17(29(31)32)6-7-20(18)27-12-14-35-15-13-27/h2-7,16H,8-15H2,1H3,(H2,24,25,30,36). The van der Waals surface area contributed by atoms with Crippen molar-refractivity contribution in [3.05, 3.63) is 58.1 Å². The lowest BCUT2D eigenvalue weighted by molar-refractivity contribution is -0.384. The first kappa shape index (κ1) is 26.7. The van der Waals surface area contributed by atoms with Crippen LogP contribution in [0.15, 0.2) is 42.5 Å². The number of nitro groups is 1. The number of nitrogens with one attached hydrogen (secondary N) is 2. The average molecular weight is 549 g/mol. The second-order valence-electron chi connectivity index (χ2n) is 8.63. The van der Waals surface area contributed by atoms with Crippen molar-refractivity contribution in [2.24, 2.45) is 0 Å². The Kier molecular flexibility index (Phi) is 8.22. The minimum absolute atomic E-state index is 0.0339. The van der Waals surface area contributed by atoms with Crippen LogP contribution in [0.4, 0.5) is 22.7 Å². The van der Waals surface area contributed by atoms with Gasteiger partial charge in [0.2, 0.25) is 10.0 Å². The number of ether oxygens (including phenoxy) is 1. The smallest absolute Gasteiger partial charge is 0.270 e. The summed E-state index contributed by atoms with van der Waals surface area (Å²) in [6.45, 7) is 3.84. The minimum atomic E-state index is -3.25. The van der Waals surface area contributed by atoms with E-state index in [0.717, 1.165) is 5.69 Å². The third-order valence-electron chi connectivity index (χ3n) is 6.22. The van der Waals surface area contributed by atoms with E-state index in [1.165, 1.54) is 22.7 Å². The highest BCUT2D eigenvalue weighted by Crippen LogP contribution is 2.28. The number of piperazine rings is 1. The van der Waals surface area contributed by atoms with E-state index in [0.29, 0.717) is 63.9 Å². The maximum atomic E-state index is 13.2. The van der Waals surface area contributed by atoms with Crippen LogP contribution in [0.3, 0.4) is 0 Å². The summed E-state index contributed by atoms with van der Waals surface area (Å²) in [5.74, 6) is -0.568. The van der Waals surface area contributed by atoms with Gasteiger partial charge in [0.15, 0.2) is 5.11 Å². The van der Waals surface area contributed by atoms with Gasteiger partial charge < -0.3 is 19.9 Å². The van der Waals surface area contributed by atoms with E-state index < -0.39 is 20.9 Å². The quantitative estimate of drug-likeness (QED) is 0.311. The van der Waals surface area contributed by atoms with Crippen LogP contribution in [0.25, 0.3) is 0 Å². The molecule has 2 fully saturated rings. The van der Waals surface area contributed by atoms with Crippen LogP contribution in [0, 0.1) is 10.1 Å². The van der Waals surface area contributed by atoms with Crippen LogP contribution >= 0.6 is 12.2 Å². The number of rotatable bonds is 6. The number of nitrogens with zero attached hydrogens (tertiary/aromatic N) is 4. The summed E-state index contributed by atoms with van der Waals surface area (Å²) in [7, 11) is -3.25. The molecule has 14 heteroatoms. The van der Waals surface area contributed by atoms with Crippen molar-refractivity contribution in [2.75, 3.05) is 73.9 Å². The molecule has 0 bridgehead atoms. The molecule has 12 nitrogen and oxygen atoms in total. The molecule has 198 valence electrons. The number of carbonyl (C=O) groups excluding carboxylic acids is 1. The predicted octanol–water partition coefficient (Wildman–Crippen LogP) is 1.64. The van der Waals surface area contributed by atoms with Gasteiger partial charge in [-0.25, -0.2) is 8.42 Å². The van der Waals surface area contributed by atoms with Crippen LogP contribution in [-0.2, 0) is 14.8 Å². The number of hydrogen-bond donors (Lipinski definition) is 2. The van der Waals surface area contributed by atoms with E-state index in [9.17, 15) is 23.3 Å². The molecule has 2 aromatic rings. The maximum Gasteiger partial charge on any atom is 0.270 e. The van der Waals surface area contributed by atoms with Crippen molar-refractivity contribution in [3.8, 4) is 0 Å². The van der Waals surface area contributed by atoms with Gasteiger partial charge in [0, 0.05) is 51.4 Å². The number of nitro benzene ring substituents is 1. The number of morpholine rings is 1. The lowest BCUT2D eigenvalue weighted by Crippen LogP contribution is -2.48. The Bertz CT molecular complexity index is 1290.